The fourth-order valence-corrected chi connectivity index (χ4v) is 3.44. The number of nitrogens with one attached hydrogen (secondary N) is 3. The predicted molar refractivity (Wildman–Crippen MR) is 132 cm³/mol. The number of rotatable bonds is 6. The second-order valence-electron chi connectivity index (χ2n) is 6.90. The van der Waals surface area contributed by atoms with Gasteiger partial charge in [-0.05, 0) is 54.5 Å². The van der Waals surface area contributed by atoms with Gasteiger partial charge in [-0.1, -0.05) is 64.5 Å². The zero-order valence-electron chi connectivity index (χ0n) is 17.4. The van der Waals surface area contributed by atoms with E-state index < -0.39 is 5.91 Å². The lowest BCUT2D eigenvalue weighted by Gasteiger charge is -2.14. The number of halogens is 1. The Hall–Kier alpha value is -3.23. The smallest absolute Gasteiger partial charge is 0.269 e. The van der Waals surface area contributed by atoms with Crippen LogP contribution in [0.15, 0.2) is 77.3 Å². The van der Waals surface area contributed by atoms with Gasteiger partial charge in [0.1, 0.15) is 5.75 Å². The lowest BCUT2D eigenvalue weighted by Crippen LogP contribution is -2.48. The zero-order valence-corrected chi connectivity index (χ0v) is 19.8. The van der Waals surface area contributed by atoms with Crippen LogP contribution >= 0.6 is 28.1 Å². The largest absolute Gasteiger partial charge is 0.492 e. The van der Waals surface area contributed by atoms with Gasteiger partial charge in [0.25, 0.3) is 11.8 Å². The normalized spacial score (nSPS) is 10.2. The summed E-state index contributed by atoms with van der Waals surface area (Å²) < 4.78 is 6.58. The van der Waals surface area contributed by atoms with E-state index in [-0.39, 0.29) is 11.0 Å². The van der Waals surface area contributed by atoms with E-state index in [9.17, 15) is 9.59 Å². The number of carbonyl (C=O) groups excluding carboxylic acids is 2. The van der Waals surface area contributed by atoms with E-state index in [1.807, 2.05) is 49.4 Å². The van der Waals surface area contributed by atoms with Crippen molar-refractivity contribution in [2.75, 3.05) is 6.61 Å². The van der Waals surface area contributed by atoms with Gasteiger partial charge >= 0.3 is 0 Å². The van der Waals surface area contributed by atoms with Crippen molar-refractivity contribution in [1.82, 2.24) is 16.2 Å². The van der Waals surface area contributed by atoms with Crippen molar-refractivity contribution < 1.29 is 14.3 Å². The molecule has 6 nitrogen and oxygen atoms in total. The van der Waals surface area contributed by atoms with Crippen molar-refractivity contribution in [1.29, 1.82) is 0 Å². The molecular weight excluding hydrogens is 490 g/mol. The van der Waals surface area contributed by atoms with Gasteiger partial charge in [0, 0.05) is 16.5 Å². The van der Waals surface area contributed by atoms with Gasteiger partial charge in [-0.25, -0.2) is 0 Å². The minimum atomic E-state index is -0.455. The molecule has 0 unspecified atom stereocenters. The van der Waals surface area contributed by atoms with Crippen molar-refractivity contribution >= 4 is 45.1 Å². The third-order valence-electron chi connectivity index (χ3n) is 4.58. The molecule has 3 aromatic carbocycles. The molecule has 0 aromatic heterocycles. The Morgan fingerprint density at radius 1 is 0.906 bits per heavy atom. The summed E-state index contributed by atoms with van der Waals surface area (Å²) in [6, 6.07) is 22.3. The van der Waals surface area contributed by atoms with Gasteiger partial charge in [0.15, 0.2) is 5.11 Å². The quantitative estimate of drug-likeness (QED) is 0.339. The number of hydrogen-bond acceptors (Lipinski definition) is 4. The van der Waals surface area contributed by atoms with Crippen LogP contribution in [0, 0.1) is 6.92 Å². The number of aryl methyl sites for hydroxylation is 1. The molecule has 8 heteroatoms. The van der Waals surface area contributed by atoms with Crippen molar-refractivity contribution in [2.24, 2.45) is 0 Å². The first-order valence-electron chi connectivity index (χ1n) is 9.87. The maximum atomic E-state index is 12.8. The number of amides is 2. The van der Waals surface area contributed by atoms with Gasteiger partial charge in [0.2, 0.25) is 0 Å². The zero-order chi connectivity index (χ0) is 22.9. The molecule has 0 spiro atoms. The van der Waals surface area contributed by atoms with Crippen LogP contribution in [-0.2, 0) is 6.42 Å². The van der Waals surface area contributed by atoms with Crippen LogP contribution in [-0.4, -0.2) is 23.5 Å². The standard InChI is InChI=1S/C24H22BrN3O3S/c1-16-7-5-6-10-19(16)23(30)27-28-24(32)26-22(29)20-15-18(25)11-12-21(20)31-14-13-17-8-3-2-4-9-17/h2-12,15H,13-14H2,1H3,(H,27,30)(H2,26,28,29,32). The maximum absolute atomic E-state index is 12.8. The van der Waals surface area contributed by atoms with Crippen molar-refractivity contribution in [3.63, 3.8) is 0 Å². The maximum Gasteiger partial charge on any atom is 0.269 e. The van der Waals surface area contributed by atoms with E-state index in [2.05, 4.69) is 32.1 Å². The molecule has 0 atom stereocenters. The first-order valence-corrected chi connectivity index (χ1v) is 11.1. The number of ether oxygens (including phenoxy) is 1. The first kappa shape index (κ1) is 23.4. The third-order valence-corrected chi connectivity index (χ3v) is 5.28. The Bertz CT molecular complexity index is 1120. The average Bonchev–Trinajstić information content (AvgIpc) is 2.79. The van der Waals surface area contributed by atoms with Crippen LogP contribution in [0.5, 0.6) is 5.75 Å². The summed E-state index contributed by atoms with van der Waals surface area (Å²) in [4.78, 5) is 25.1. The third kappa shape index (κ3) is 6.63. The molecule has 0 bridgehead atoms. The Labute approximate surface area is 200 Å². The molecule has 164 valence electrons. The van der Waals surface area contributed by atoms with Crippen LogP contribution in [0.25, 0.3) is 0 Å². The highest BCUT2D eigenvalue weighted by Crippen LogP contribution is 2.23. The molecule has 3 rings (SSSR count). The molecule has 2 amide bonds. The van der Waals surface area contributed by atoms with Gasteiger partial charge in [0.05, 0.1) is 12.2 Å². The molecular formula is C24H22BrN3O3S. The fourth-order valence-electron chi connectivity index (χ4n) is 2.94. The summed E-state index contributed by atoms with van der Waals surface area (Å²) in [5.41, 5.74) is 7.85. The first-order chi connectivity index (χ1) is 15.4. The van der Waals surface area contributed by atoms with E-state index in [0.29, 0.717) is 29.9 Å². The topological polar surface area (TPSA) is 79.5 Å². The highest BCUT2D eigenvalue weighted by molar-refractivity contribution is 9.10. The van der Waals surface area contributed by atoms with Gasteiger partial charge in [-0.15, -0.1) is 0 Å². The highest BCUT2D eigenvalue weighted by Gasteiger charge is 2.16. The number of thiocarbonyl (C=S) groups is 1. The SMILES string of the molecule is Cc1ccccc1C(=O)NNC(=S)NC(=O)c1cc(Br)ccc1OCCc1ccccc1. The van der Waals surface area contributed by atoms with E-state index in [1.54, 1.807) is 30.3 Å². The van der Waals surface area contributed by atoms with Crippen LogP contribution in [0.1, 0.15) is 31.8 Å². The van der Waals surface area contributed by atoms with E-state index in [4.69, 9.17) is 17.0 Å². The number of carbonyl (C=O) groups is 2. The molecule has 0 saturated heterocycles. The Morgan fingerprint density at radius 3 is 2.38 bits per heavy atom. The lowest BCUT2D eigenvalue weighted by molar-refractivity contribution is 0.0933. The summed E-state index contributed by atoms with van der Waals surface area (Å²) >= 11 is 8.53. The molecule has 3 aromatic rings. The Balaban J connectivity index is 1.57. The van der Waals surface area contributed by atoms with Crippen molar-refractivity contribution in [3.05, 3.63) is 99.5 Å². The van der Waals surface area contributed by atoms with Crippen LogP contribution < -0.4 is 20.9 Å². The summed E-state index contributed by atoms with van der Waals surface area (Å²) in [7, 11) is 0. The van der Waals surface area contributed by atoms with Crippen LogP contribution in [0.4, 0.5) is 0 Å². The summed E-state index contributed by atoms with van der Waals surface area (Å²) in [6.45, 7) is 2.25. The minimum Gasteiger partial charge on any atom is -0.492 e. The molecule has 3 N–H and O–H groups in total. The number of hydrogen-bond donors (Lipinski definition) is 3. The molecule has 0 fully saturated rings. The van der Waals surface area contributed by atoms with Gasteiger partial charge in [-0.2, -0.15) is 0 Å². The Kier molecular flexibility index (Phi) is 8.35. The molecule has 0 radical (unpaired) electrons. The second-order valence-corrected chi connectivity index (χ2v) is 8.23. The van der Waals surface area contributed by atoms with Crippen LogP contribution in [0.3, 0.4) is 0 Å². The van der Waals surface area contributed by atoms with Crippen molar-refractivity contribution in [2.45, 2.75) is 13.3 Å². The molecule has 32 heavy (non-hydrogen) atoms. The van der Waals surface area contributed by atoms with E-state index in [1.165, 1.54) is 0 Å². The molecule has 0 aliphatic carbocycles. The van der Waals surface area contributed by atoms with Gasteiger partial charge in [-0.3, -0.25) is 25.8 Å². The second kappa shape index (κ2) is 11.4. The summed E-state index contributed by atoms with van der Waals surface area (Å²) in [5.74, 6) is -0.371. The predicted octanol–water partition coefficient (Wildman–Crippen LogP) is 4.33. The summed E-state index contributed by atoms with van der Waals surface area (Å²) in [6.07, 6.45) is 0.711. The molecule has 0 aliphatic rings. The lowest BCUT2D eigenvalue weighted by atomic mass is 10.1. The molecule has 0 heterocycles. The highest BCUT2D eigenvalue weighted by atomic mass is 79.9. The average molecular weight is 512 g/mol. The monoisotopic (exact) mass is 511 g/mol. The van der Waals surface area contributed by atoms with Gasteiger partial charge < -0.3 is 4.74 Å². The number of benzene rings is 3. The Morgan fingerprint density at radius 2 is 1.62 bits per heavy atom. The number of hydrazine groups is 1. The van der Waals surface area contributed by atoms with Crippen molar-refractivity contribution in [3.8, 4) is 5.75 Å². The summed E-state index contributed by atoms with van der Waals surface area (Å²) in [5, 5.41) is 2.52. The van der Waals surface area contributed by atoms with Crippen LogP contribution in [0.2, 0.25) is 0 Å². The van der Waals surface area contributed by atoms with E-state index >= 15 is 0 Å². The molecule has 0 aliphatic heterocycles. The minimum absolute atomic E-state index is 0.0351. The fraction of sp³-hybridized carbons (Fsp3) is 0.125. The van der Waals surface area contributed by atoms with E-state index in [0.717, 1.165) is 15.6 Å². The molecule has 0 saturated carbocycles.